The molecule has 1 fully saturated rings. The van der Waals surface area contributed by atoms with E-state index >= 15 is 0 Å². The van der Waals surface area contributed by atoms with Gasteiger partial charge in [0.2, 0.25) is 0 Å². The van der Waals surface area contributed by atoms with Gasteiger partial charge < -0.3 is 10.2 Å². The molecule has 0 aromatic carbocycles. The summed E-state index contributed by atoms with van der Waals surface area (Å²) in [6.45, 7) is 5.40. The summed E-state index contributed by atoms with van der Waals surface area (Å²) in [7, 11) is 2.20. The Hall–Kier alpha value is -0.800. The SMILES string of the molecule is CN(C1CCC(C)(C)CC1)C(CN)c1ccoc1. The van der Waals surface area contributed by atoms with E-state index in [1.54, 1.807) is 6.26 Å². The van der Waals surface area contributed by atoms with Gasteiger partial charge in [0.1, 0.15) is 0 Å². The van der Waals surface area contributed by atoms with Gasteiger partial charge in [-0.3, -0.25) is 4.90 Å². The maximum Gasteiger partial charge on any atom is 0.0950 e. The molecule has 1 aliphatic rings. The highest BCUT2D eigenvalue weighted by atomic mass is 16.3. The first-order valence-electron chi connectivity index (χ1n) is 6.97. The molecule has 0 amide bonds. The van der Waals surface area contributed by atoms with Gasteiger partial charge in [-0.05, 0) is 44.2 Å². The molecular formula is C15H26N2O. The van der Waals surface area contributed by atoms with Crippen molar-refractivity contribution in [3.63, 3.8) is 0 Å². The van der Waals surface area contributed by atoms with Gasteiger partial charge in [-0.15, -0.1) is 0 Å². The third-order valence-electron chi connectivity index (χ3n) is 4.53. The van der Waals surface area contributed by atoms with Gasteiger partial charge in [0.05, 0.1) is 18.6 Å². The van der Waals surface area contributed by atoms with Crippen molar-refractivity contribution in [1.82, 2.24) is 4.90 Å². The van der Waals surface area contributed by atoms with Crippen molar-refractivity contribution in [2.45, 2.75) is 51.6 Å². The molecule has 1 heterocycles. The van der Waals surface area contributed by atoms with Crippen LogP contribution in [0.4, 0.5) is 0 Å². The fourth-order valence-electron chi connectivity index (χ4n) is 3.05. The Kier molecular flexibility index (Phi) is 4.13. The minimum Gasteiger partial charge on any atom is -0.472 e. The Morgan fingerprint density at radius 2 is 2.11 bits per heavy atom. The van der Waals surface area contributed by atoms with Crippen LogP contribution >= 0.6 is 0 Å². The average Bonchev–Trinajstić information content (AvgIpc) is 2.83. The molecule has 1 aromatic rings. The fraction of sp³-hybridized carbons (Fsp3) is 0.733. The van der Waals surface area contributed by atoms with E-state index in [1.807, 2.05) is 12.3 Å². The molecule has 3 nitrogen and oxygen atoms in total. The molecule has 1 saturated carbocycles. The summed E-state index contributed by atoms with van der Waals surface area (Å²) in [6, 6.07) is 2.97. The van der Waals surface area contributed by atoms with Crippen molar-refractivity contribution in [3.05, 3.63) is 24.2 Å². The number of nitrogens with zero attached hydrogens (tertiary/aromatic N) is 1. The molecule has 0 aliphatic heterocycles. The zero-order chi connectivity index (χ0) is 13.2. The number of likely N-dealkylation sites (N-methyl/N-ethyl adjacent to an activating group) is 1. The summed E-state index contributed by atoms with van der Waals surface area (Å²) in [6.07, 6.45) is 8.72. The normalized spacial score (nSPS) is 22.3. The molecule has 1 atom stereocenters. The van der Waals surface area contributed by atoms with Crippen LogP contribution in [0.25, 0.3) is 0 Å². The summed E-state index contributed by atoms with van der Waals surface area (Å²) >= 11 is 0. The lowest BCUT2D eigenvalue weighted by Gasteiger charge is -2.41. The fourth-order valence-corrected chi connectivity index (χ4v) is 3.05. The molecular weight excluding hydrogens is 224 g/mol. The van der Waals surface area contributed by atoms with Crippen LogP contribution in [0.2, 0.25) is 0 Å². The topological polar surface area (TPSA) is 42.4 Å². The molecule has 2 rings (SSSR count). The van der Waals surface area contributed by atoms with Crippen LogP contribution in [-0.4, -0.2) is 24.5 Å². The quantitative estimate of drug-likeness (QED) is 0.892. The van der Waals surface area contributed by atoms with Crippen molar-refractivity contribution in [1.29, 1.82) is 0 Å². The molecule has 18 heavy (non-hydrogen) atoms. The van der Waals surface area contributed by atoms with Gasteiger partial charge in [0.25, 0.3) is 0 Å². The predicted octanol–water partition coefficient (Wildman–Crippen LogP) is 3.18. The monoisotopic (exact) mass is 250 g/mol. The van der Waals surface area contributed by atoms with E-state index in [1.165, 1.54) is 31.2 Å². The first kappa shape index (κ1) is 13.6. The van der Waals surface area contributed by atoms with Gasteiger partial charge >= 0.3 is 0 Å². The largest absolute Gasteiger partial charge is 0.472 e. The van der Waals surface area contributed by atoms with E-state index in [0.29, 0.717) is 18.0 Å². The van der Waals surface area contributed by atoms with Crippen molar-refractivity contribution >= 4 is 0 Å². The van der Waals surface area contributed by atoms with Crippen molar-refractivity contribution in [2.75, 3.05) is 13.6 Å². The minimum atomic E-state index is 0.287. The van der Waals surface area contributed by atoms with Gasteiger partial charge in [0, 0.05) is 18.2 Å². The second-order valence-electron chi connectivity index (χ2n) is 6.37. The number of furan rings is 1. The molecule has 0 bridgehead atoms. The van der Waals surface area contributed by atoms with Crippen molar-refractivity contribution in [2.24, 2.45) is 11.1 Å². The summed E-state index contributed by atoms with van der Waals surface area (Å²) in [4.78, 5) is 2.44. The zero-order valence-electron chi connectivity index (χ0n) is 11.9. The minimum absolute atomic E-state index is 0.287. The maximum atomic E-state index is 5.94. The summed E-state index contributed by atoms with van der Waals surface area (Å²) < 4.78 is 5.19. The standard InChI is InChI=1S/C15H26N2O/c1-15(2)7-4-13(5-8-15)17(3)14(10-16)12-6-9-18-11-12/h6,9,11,13-14H,4-5,7-8,10,16H2,1-3H3. The van der Waals surface area contributed by atoms with E-state index in [9.17, 15) is 0 Å². The highest BCUT2D eigenvalue weighted by Gasteiger charge is 2.31. The number of nitrogens with two attached hydrogens (primary N) is 1. The van der Waals surface area contributed by atoms with E-state index < -0.39 is 0 Å². The Morgan fingerprint density at radius 1 is 1.44 bits per heavy atom. The van der Waals surface area contributed by atoms with Crippen LogP contribution in [0.5, 0.6) is 0 Å². The lowest BCUT2D eigenvalue weighted by atomic mass is 9.75. The van der Waals surface area contributed by atoms with Crippen molar-refractivity contribution in [3.8, 4) is 0 Å². The third kappa shape index (κ3) is 2.96. The molecule has 0 saturated heterocycles. The van der Waals surface area contributed by atoms with Crippen LogP contribution < -0.4 is 5.73 Å². The van der Waals surface area contributed by atoms with E-state index in [4.69, 9.17) is 10.2 Å². The van der Waals surface area contributed by atoms with Crippen LogP contribution in [0.3, 0.4) is 0 Å². The second kappa shape index (κ2) is 5.45. The van der Waals surface area contributed by atoms with E-state index in [-0.39, 0.29) is 6.04 Å². The average molecular weight is 250 g/mol. The molecule has 1 unspecified atom stereocenters. The lowest BCUT2D eigenvalue weighted by molar-refractivity contribution is 0.0964. The molecule has 0 radical (unpaired) electrons. The van der Waals surface area contributed by atoms with Gasteiger partial charge in [-0.1, -0.05) is 13.8 Å². The zero-order valence-corrected chi connectivity index (χ0v) is 11.9. The molecule has 1 aromatic heterocycles. The Labute approximate surface area is 110 Å². The summed E-state index contributed by atoms with van der Waals surface area (Å²) in [5, 5.41) is 0. The Morgan fingerprint density at radius 3 is 2.61 bits per heavy atom. The first-order chi connectivity index (χ1) is 8.53. The molecule has 3 heteroatoms. The second-order valence-corrected chi connectivity index (χ2v) is 6.37. The third-order valence-corrected chi connectivity index (χ3v) is 4.53. The predicted molar refractivity (Wildman–Crippen MR) is 74.3 cm³/mol. The van der Waals surface area contributed by atoms with Crippen LogP contribution in [0.15, 0.2) is 23.0 Å². The lowest BCUT2D eigenvalue weighted by Crippen LogP contribution is -2.41. The molecule has 0 spiro atoms. The van der Waals surface area contributed by atoms with Gasteiger partial charge in [0.15, 0.2) is 0 Å². The maximum absolute atomic E-state index is 5.94. The number of rotatable bonds is 4. The highest BCUT2D eigenvalue weighted by molar-refractivity contribution is 5.12. The summed E-state index contributed by atoms with van der Waals surface area (Å²) in [5.41, 5.74) is 7.66. The summed E-state index contributed by atoms with van der Waals surface area (Å²) in [5.74, 6) is 0. The Balaban J connectivity index is 2.00. The smallest absolute Gasteiger partial charge is 0.0950 e. The number of hydrogen-bond acceptors (Lipinski definition) is 3. The molecule has 2 N–H and O–H groups in total. The molecule has 1 aliphatic carbocycles. The van der Waals surface area contributed by atoms with Gasteiger partial charge in [-0.25, -0.2) is 0 Å². The van der Waals surface area contributed by atoms with E-state index in [2.05, 4.69) is 25.8 Å². The first-order valence-corrected chi connectivity index (χ1v) is 6.97. The molecule has 102 valence electrons. The van der Waals surface area contributed by atoms with Crippen molar-refractivity contribution < 1.29 is 4.42 Å². The Bertz CT molecular complexity index is 349. The van der Waals surface area contributed by atoms with Crippen LogP contribution in [-0.2, 0) is 0 Å². The van der Waals surface area contributed by atoms with Gasteiger partial charge in [-0.2, -0.15) is 0 Å². The van der Waals surface area contributed by atoms with Crippen LogP contribution in [0, 0.1) is 5.41 Å². The highest BCUT2D eigenvalue weighted by Crippen LogP contribution is 2.38. The van der Waals surface area contributed by atoms with E-state index in [0.717, 1.165) is 0 Å². The van der Waals surface area contributed by atoms with Crippen LogP contribution in [0.1, 0.15) is 51.1 Å². The number of hydrogen-bond donors (Lipinski definition) is 1.